The number of hydrogen-bond acceptors (Lipinski definition) is 3. The van der Waals surface area contributed by atoms with Gasteiger partial charge < -0.3 is 10.1 Å². The van der Waals surface area contributed by atoms with Gasteiger partial charge in [0.25, 0.3) is 0 Å². The zero-order chi connectivity index (χ0) is 10.4. The highest BCUT2D eigenvalue weighted by atomic mass is 16.5. The number of rotatable bonds is 5. The van der Waals surface area contributed by atoms with Gasteiger partial charge >= 0.3 is 0 Å². The van der Waals surface area contributed by atoms with Crippen LogP contribution in [0.2, 0.25) is 0 Å². The molecule has 0 bridgehead atoms. The van der Waals surface area contributed by atoms with Crippen LogP contribution in [0.25, 0.3) is 0 Å². The molecule has 0 aliphatic carbocycles. The van der Waals surface area contributed by atoms with Crippen LogP contribution in [0.15, 0.2) is 12.1 Å². The van der Waals surface area contributed by atoms with E-state index in [0.717, 1.165) is 24.5 Å². The van der Waals surface area contributed by atoms with Crippen molar-refractivity contribution >= 4 is 5.82 Å². The second kappa shape index (κ2) is 5.60. The van der Waals surface area contributed by atoms with E-state index in [9.17, 15) is 0 Å². The minimum absolute atomic E-state index is 0.705. The molecule has 1 heterocycles. The Morgan fingerprint density at radius 2 is 2.21 bits per heavy atom. The Hall–Kier alpha value is -1.09. The lowest BCUT2D eigenvalue weighted by Crippen LogP contribution is -2.09. The summed E-state index contributed by atoms with van der Waals surface area (Å²) in [6.07, 6.45) is 1.04. The van der Waals surface area contributed by atoms with Gasteiger partial charge in [-0.05, 0) is 31.0 Å². The van der Waals surface area contributed by atoms with Crippen molar-refractivity contribution in [1.29, 1.82) is 0 Å². The number of ether oxygens (including phenoxy) is 1. The van der Waals surface area contributed by atoms with Crippen molar-refractivity contribution in [3.05, 3.63) is 23.4 Å². The van der Waals surface area contributed by atoms with E-state index in [-0.39, 0.29) is 0 Å². The standard InChI is InChI=1S/C11H18N2O/c1-4-10-7-9(2)13-11(8-10)12-5-6-14-3/h7-8H,4-6H2,1-3H3,(H,12,13). The first-order valence-corrected chi connectivity index (χ1v) is 4.96. The third-order valence-electron chi connectivity index (χ3n) is 2.03. The molecule has 1 aromatic heterocycles. The quantitative estimate of drug-likeness (QED) is 0.728. The minimum Gasteiger partial charge on any atom is -0.383 e. The molecular formula is C11H18N2O. The molecule has 0 spiro atoms. The minimum atomic E-state index is 0.705. The number of nitrogens with zero attached hydrogens (tertiary/aromatic N) is 1. The highest BCUT2D eigenvalue weighted by Crippen LogP contribution is 2.10. The fraction of sp³-hybridized carbons (Fsp3) is 0.545. The maximum absolute atomic E-state index is 4.96. The molecule has 0 aliphatic rings. The molecule has 3 nitrogen and oxygen atoms in total. The number of aromatic nitrogens is 1. The zero-order valence-electron chi connectivity index (χ0n) is 9.13. The molecule has 1 aromatic rings. The number of hydrogen-bond donors (Lipinski definition) is 1. The Balaban J connectivity index is 2.62. The van der Waals surface area contributed by atoms with Gasteiger partial charge in [0.2, 0.25) is 0 Å². The van der Waals surface area contributed by atoms with Gasteiger partial charge in [-0.3, -0.25) is 0 Å². The Bertz CT molecular complexity index is 287. The Kier molecular flexibility index (Phi) is 4.40. The van der Waals surface area contributed by atoms with Crippen molar-refractivity contribution in [1.82, 2.24) is 4.98 Å². The lowest BCUT2D eigenvalue weighted by Gasteiger charge is -2.07. The first-order valence-electron chi connectivity index (χ1n) is 4.96. The van der Waals surface area contributed by atoms with E-state index >= 15 is 0 Å². The van der Waals surface area contributed by atoms with E-state index in [1.165, 1.54) is 5.56 Å². The average Bonchev–Trinajstić information content (AvgIpc) is 2.17. The van der Waals surface area contributed by atoms with Crippen molar-refractivity contribution in [3.63, 3.8) is 0 Å². The number of pyridine rings is 1. The van der Waals surface area contributed by atoms with Crippen molar-refractivity contribution in [2.45, 2.75) is 20.3 Å². The molecular weight excluding hydrogens is 176 g/mol. The van der Waals surface area contributed by atoms with E-state index in [1.54, 1.807) is 7.11 Å². The summed E-state index contributed by atoms with van der Waals surface area (Å²) in [4.78, 5) is 4.39. The Labute approximate surface area is 85.5 Å². The molecule has 0 fully saturated rings. The van der Waals surface area contributed by atoms with Crippen molar-refractivity contribution in [2.75, 3.05) is 25.6 Å². The van der Waals surface area contributed by atoms with Gasteiger partial charge in [0, 0.05) is 19.3 Å². The lowest BCUT2D eigenvalue weighted by molar-refractivity contribution is 0.210. The number of aryl methyl sites for hydroxylation is 2. The van der Waals surface area contributed by atoms with E-state index in [2.05, 4.69) is 29.4 Å². The van der Waals surface area contributed by atoms with Crippen molar-refractivity contribution in [3.8, 4) is 0 Å². The normalized spacial score (nSPS) is 10.2. The van der Waals surface area contributed by atoms with Gasteiger partial charge in [0.15, 0.2) is 0 Å². The van der Waals surface area contributed by atoms with Crippen molar-refractivity contribution < 1.29 is 4.74 Å². The maximum Gasteiger partial charge on any atom is 0.126 e. The summed E-state index contributed by atoms with van der Waals surface area (Å²) in [6.45, 7) is 5.67. The Morgan fingerprint density at radius 1 is 1.43 bits per heavy atom. The number of nitrogens with one attached hydrogen (secondary N) is 1. The molecule has 1 rings (SSSR count). The van der Waals surface area contributed by atoms with Crippen LogP contribution in [0.4, 0.5) is 5.82 Å². The summed E-state index contributed by atoms with van der Waals surface area (Å²) in [5.41, 5.74) is 2.38. The van der Waals surface area contributed by atoms with Gasteiger partial charge in [-0.15, -0.1) is 0 Å². The monoisotopic (exact) mass is 194 g/mol. The highest BCUT2D eigenvalue weighted by Gasteiger charge is 1.97. The predicted octanol–water partition coefficient (Wildman–Crippen LogP) is 2.01. The summed E-state index contributed by atoms with van der Waals surface area (Å²) in [7, 11) is 1.70. The smallest absolute Gasteiger partial charge is 0.126 e. The van der Waals surface area contributed by atoms with Crippen LogP contribution in [0, 0.1) is 6.92 Å². The fourth-order valence-electron chi connectivity index (χ4n) is 1.32. The molecule has 0 aromatic carbocycles. The Morgan fingerprint density at radius 3 is 2.86 bits per heavy atom. The third-order valence-corrected chi connectivity index (χ3v) is 2.03. The molecule has 0 atom stereocenters. The summed E-state index contributed by atoms with van der Waals surface area (Å²) in [6, 6.07) is 4.20. The molecule has 0 saturated heterocycles. The lowest BCUT2D eigenvalue weighted by atomic mass is 10.2. The molecule has 0 amide bonds. The van der Waals surface area contributed by atoms with Crippen LogP contribution in [-0.4, -0.2) is 25.2 Å². The molecule has 78 valence electrons. The van der Waals surface area contributed by atoms with Crippen molar-refractivity contribution in [2.24, 2.45) is 0 Å². The number of methoxy groups -OCH3 is 1. The van der Waals surface area contributed by atoms with Crippen LogP contribution >= 0.6 is 0 Å². The van der Waals surface area contributed by atoms with E-state index in [4.69, 9.17) is 4.74 Å². The zero-order valence-corrected chi connectivity index (χ0v) is 9.13. The van der Waals surface area contributed by atoms with Gasteiger partial charge in [0.05, 0.1) is 6.61 Å². The van der Waals surface area contributed by atoms with Crippen LogP contribution in [-0.2, 0) is 11.2 Å². The van der Waals surface area contributed by atoms with Gasteiger partial charge in [-0.25, -0.2) is 4.98 Å². The molecule has 14 heavy (non-hydrogen) atoms. The SMILES string of the molecule is CCc1cc(C)nc(NCCOC)c1. The largest absolute Gasteiger partial charge is 0.383 e. The first kappa shape index (κ1) is 11.0. The average molecular weight is 194 g/mol. The third kappa shape index (κ3) is 3.34. The van der Waals surface area contributed by atoms with Crippen LogP contribution < -0.4 is 5.32 Å². The van der Waals surface area contributed by atoms with Crippen LogP contribution in [0.3, 0.4) is 0 Å². The molecule has 0 radical (unpaired) electrons. The maximum atomic E-state index is 4.96. The molecule has 0 unspecified atom stereocenters. The predicted molar refractivity (Wildman–Crippen MR) is 58.7 cm³/mol. The first-order chi connectivity index (χ1) is 6.76. The summed E-state index contributed by atoms with van der Waals surface area (Å²) < 4.78 is 4.96. The van der Waals surface area contributed by atoms with E-state index in [0.29, 0.717) is 6.61 Å². The van der Waals surface area contributed by atoms with Crippen LogP contribution in [0.5, 0.6) is 0 Å². The summed E-state index contributed by atoms with van der Waals surface area (Å²) in [5, 5.41) is 3.22. The number of anilines is 1. The summed E-state index contributed by atoms with van der Waals surface area (Å²) >= 11 is 0. The molecule has 0 aliphatic heterocycles. The summed E-state index contributed by atoms with van der Waals surface area (Å²) in [5.74, 6) is 0.943. The molecule has 3 heteroatoms. The van der Waals surface area contributed by atoms with Gasteiger partial charge in [0.1, 0.15) is 5.82 Å². The van der Waals surface area contributed by atoms with E-state index < -0.39 is 0 Å². The molecule has 1 N–H and O–H groups in total. The highest BCUT2D eigenvalue weighted by molar-refractivity contribution is 5.39. The fourth-order valence-corrected chi connectivity index (χ4v) is 1.32. The topological polar surface area (TPSA) is 34.2 Å². The van der Waals surface area contributed by atoms with Gasteiger partial charge in [-0.2, -0.15) is 0 Å². The van der Waals surface area contributed by atoms with E-state index in [1.807, 2.05) is 6.92 Å². The second-order valence-electron chi connectivity index (χ2n) is 3.28. The van der Waals surface area contributed by atoms with Gasteiger partial charge in [-0.1, -0.05) is 6.92 Å². The second-order valence-corrected chi connectivity index (χ2v) is 3.28. The molecule has 0 saturated carbocycles. The van der Waals surface area contributed by atoms with Crippen LogP contribution in [0.1, 0.15) is 18.2 Å².